The Kier molecular flexibility index (Phi) is 6.47. The summed E-state index contributed by atoms with van der Waals surface area (Å²) in [6.07, 6.45) is 0. The molecule has 0 spiro atoms. The van der Waals surface area contributed by atoms with Crippen LogP contribution in [0.15, 0.2) is 52.6 Å². The third-order valence-corrected chi connectivity index (χ3v) is 6.04. The molecule has 1 amide bonds. The molecule has 0 aliphatic heterocycles. The highest BCUT2D eigenvalue weighted by atomic mass is 32.1. The van der Waals surface area contributed by atoms with E-state index in [0.29, 0.717) is 27.4 Å². The van der Waals surface area contributed by atoms with Crippen LogP contribution in [0, 0.1) is 13.8 Å². The minimum Gasteiger partial charge on any atom is -0.497 e. The first kappa shape index (κ1) is 23.2. The van der Waals surface area contributed by atoms with E-state index >= 15 is 0 Å². The fourth-order valence-corrected chi connectivity index (χ4v) is 4.60. The van der Waals surface area contributed by atoms with Crippen molar-refractivity contribution in [2.75, 3.05) is 19.0 Å². The lowest BCUT2D eigenvalue weighted by Gasteiger charge is -2.11. The number of amides is 1. The highest BCUT2D eigenvalue weighted by Gasteiger charge is 2.23. The van der Waals surface area contributed by atoms with E-state index in [2.05, 4.69) is 10.4 Å². The standard InChI is InChI=1S/C25H23N3O5S/c1-5-33-25(31)21-19-13-34-23(26-22(29)16-11-14(2)10-15(3)12-16)20(19)24(30)28(27-21)17-6-8-18(32-4)9-7-17/h6-13H,5H2,1-4H3,(H,26,29). The molecule has 0 aliphatic carbocycles. The normalized spacial score (nSPS) is 10.8. The fraction of sp³-hybridized carbons (Fsp3) is 0.200. The number of ether oxygens (including phenoxy) is 2. The van der Waals surface area contributed by atoms with Crippen LogP contribution in [-0.2, 0) is 4.74 Å². The maximum absolute atomic E-state index is 13.5. The van der Waals surface area contributed by atoms with E-state index in [1.165, 1.54) is 0 Å². The Morgan fingerprint density at radius 3 is 2.38 bits per heavy atom. The van der Waals surface area contributed by atoms with E-state index in [9.17, 15) is 14.4 Å². The minimum atomic E-state index is -0.653. The van der Waals surface area contributed by atoms with Crippen LogP contribution in [0.5, 0.6) is 5.75 Å². The number of carbonyl (C=O) groups excluding carboxylic acids is 2. The van der Waals surface area contributed by atoms with Gasteiger partial charge in [-0.25, -0.2) is 4.79 Å². The number of carbonyl (C=O) groups is 2. The number of nitrogens with zero attached hydrogens (tertiary/aromatic N) is 2. The first-order chi connectivity index (χ1) is 16.3. The number of methoxy groups -OCH3 is 1. The molecule has 0 aliphatic rings. The number of benzene rings is 2. The van der Waals surface area contributed by atoms with Gasteiger partial charge in [-0.3, -0.25) is 9.59 Å². The maximum Gasteiger partial charge on any atom is 0.359 e. The molecule has 0 unspecified atom stereocenters. The molecule has 2 heterocycles. The van der Waals surface area contributed by atoms with Crippen LogP contribution in [0.2, 0.25) is 0 Å². The molecule has 34 heavy (non-hydrogen) atoms. The largest absolute Gasteiger partial charge is 0.497 e. The second-order valence-corrected chi connectivity index (χ2v) is 8.55. The monoisotopic (exact) mass is 477 g/mol. The Morgan fingerprint density at radius 1 is 1.09 bits per heavy atom. The van der Waals surface area contributed by atoms with Crippen molar-refractivity contribution in [2.24, 2.45) is 0 Å². The summed E-state index contributed by atoms with van der Waals surface area (Å²) in [5.74, 6) is -0.388. The first-order valence-corrected chi connectivity index (χ1v) is 11.5. The van der Waals surface area contributed by atoms with E-state index < -0.39 is 11.5 Å². The molecule has 0 atom stereocenters. The number of anilines is 1. The number of rotatable bonds is 6. The predicted octanol–water partition coefficient (Wildman–Crippen LogP) is 4.50. The summed E-state index contributed by atoms with van der Waals surface area (Å²) >= 11 is 1.15. The van der Waals surface area contributed by atoms with Gasteiger partial charge in [0.1, 0.15) is 10.8 Å². The Hall–Kier alpha value is -3.98. The van der Waals surface area contributed by atoms with Gasteiger partial charge in [-0.05, 0) is 57.2 Å². The molecule has 9 heteroatoms. The van der Waals surface area contributed by atoms with E-state index in [-0.39, 0.29) is 23.6 Å². The van der Waals surface area contributed by atoms with Gasteiger partial charge in [0.2, 0.25) is 0 Å². The summed E-state index contributed by atoms with van der Waals surface area (Å²) in [5, 5.41) is 9.62. The average molecular weight is 478 g/mol. The number of thiophene rings is 1. The number of aromatic nitrogens is 2. The van der Waals surface area contributed by atoms with Gasteiger partial charge in [0.05, 0.1) is 24.8 Å². The van der Waals surface area contributed by atoms with Crippen molar-refractivity contribution in [1.82, 2.24) is 9.78 Å². The lowest BCUT2D eigenvalue weighted by Crippen LogP contribution is -2.25. The average Bonchev–Trinajstić information content (AvgIpc) is 3.23. The molecule has 2 aromatic carbocycles. The summed E-state index contributed by atoms with van der Waals surface area (Å²) in [6, 6.07) is 12.2. The van der Waals surface area contributed by atoms with Gasteiger partial charge in [-0.15, -0.1) is 11.3 Å². The van der Waals surface area contributed by atoms with Crippen molar-refractivity contribution in [1.29, 1.82) is 0 Å². The van der Waals surface area contributed by atoms with Crippen molar-refractivity contribution in [3.05, 3.63) is 80.6 Å². The van der Waals surface area contributed by atoms with E-state index in [0.717, 1.165) is 27.1 Å². The van der Waals surface area contributed by atoms with E-state index in [4.69, 9.17) is 9.47 Å². The van der Waals surface area contributed by atoms with Gasteiger partial charge in [0.15, 0.2) is 5.69 Å². The van der Waals surface area contributed by atoms with E-state index in [1.54, 1.807) is 55.8 Å². The second-order valence-electron chi connectivity index (χ2n) is 7.67. The molecule has 8 nitrogen and oxygen atoms in total. The summed E-state index contributed by atoms with van der Waals surface area (Å²) in [6.45, 7) is 5.67. The number of esters is 1. The summed E-state index contributed by atoms with van der Waals surface area (Å²) < 4.78 is 11.5. The van der Waals surface area contributed by atoms with Gasteiger partial charge in [0, 0.05) is 16.3 Å². The van der Waals surface area contributed by atoms with Crippen LogP contribution in [0.25, 0.3) is 16.5 Å². The Morgan fingerprint density at radius 2 is 1.76 bits per heavy atom. The number of nitrogens with one attached hydrogen (secondary N) is 1. The smallest absolute Gasteiger partial charge is 0.359 e. The molecule has 0 bridgehead atoms. The molecular weight excluding hydrogens is 454 g/mol. The molecule has 4 rings (SSSR count). The third kappa shape index (κ3) is 4.42. The SMILES string of the molecule is CCOC(=O)c1nn(-c2ccc(OC)cc2)c(=O)c2c(NC(=O)c3cc(C)cc(C)c3)scc12. The topological polar surface area (TPSA) is 99.5 Å². The molecule has 0 fully saturated rings. The van der Waals surface area contributed by atoms with Crippen molar-refractivity contribution in [2.45, 2.75) is 20.8 Å². The number of fused-ring (bicyclic) bond motifs is 1. The third-order valence-electron chi connectivity index (χ3n) is 5.15. The molecule has 4 aromatic rings. The van der Waals surface area contributed by atoms with Crippen LogP contribution >= 0.6 is 11.3 Å². The quantitative estimate of drug-likeness (QED) is 0.411. The summed E-state index contributed by atoms with van der Waals surface area (Å²) in [5.41, 5.74) is 2.36. The van der Waals surface area contributed by atoms with Crippen molar-refractivity contribution in [3.8, 4) is 11.4 Å². The lowest BCUT2D eigenvalue weighted by atomic mass is 10.1. The van der Waals surface area contributed by atoms with Crippen LogP contribution in [0.1, 0.15) is 38.9 Å². The molecule has 0 radical (unpaired) electrons. The van der Waals surface area contributed by atoms with Crippen molar-refractivity contribution >= 4 is 39.0 Å². The highest BCUT2D eigenvalue weighted by Crippen LogP contribution is 2.31. The zero-order chi connectivity index (χ0) is 24.4. The van der Waals surface area contributed by atoms with E-state index in [1.807, 2.05) is 19.9 Å². The molecule has 0 saturated carbocycles. The molecule has 0 saturated heterocycles. The second kappa shape index (κ2) is 9.48. The lowest BCUT2D eigenvalue weighted by molar-refractivity contribution is 0.0520. The fourth-order valence-electron chi connectivity index (χ4n) is 3.67. The zero-order valence-electron chi connectivity index (χ0n) is 19.2. The molecule has 1 N–H and O–H groups in total. The number of hydrogen-bond donors (Lipinski definition) is 1. The van der Waals surface area contributed by atoms with Gasteiger partial charge in [-0.1, -0.05) is 17.2 Å². The van der Waals surface area contributed by atoms with Gasteiger partial charge in [0.25, 0.3) is 11.5 Å². The van der Waals surface area contributed by atoms with Crippen molar-refractivity contribution in [3.63, 3.8) is 0 Å². The number of aryl methyl sites for hydroxylation is 2. The Labute approximate surface area is 199 Å². The van der Waals surface area contributed by atoms with Crippen LogP contribution in [0.4, 0.5) is 5.00 Å². The first-order valence-electron chi connectivity index (χ1n) is 10.6. The predicted molar refractivity (Wildman–Crippen MR) is 132 cm³/mol. The van der Waals surface area contributed by atoms with Gasteiger partial charge in [-0.2, -0.15) is 9.78 Å². The molecule has 2 aromatic heterocycles. The molecule has 174 valence electrons. The van der Waals surface area contributed by atoms with Gasteiger partial charge < -0.3 is 14.8 Å². The summed E-state index contributed by atoms with van der Waals surface area (Å²) in [7, 11) is 1.54. The Balaban J connectivity index is 1.87. The summed E-state index contributed by atoms with van der Waals surface area (Å²) in [4.78, 5) is 39.2. The van der Waals surface area contributed by atoms with Gasteiger partial charge >= 0.3 is 5.97 Å². The van der Waals surface area contributed by atoms with Crippen LogP contribution < -0.4 is 15.6 Å². The van der Waals surface area contributed by atoms with Crippen LogP contribution in [0.3, 0.4) is 0 Å². The number of hydrogen-bond acceptors (Lipinski definition) is 7. The zero-order valence-corrected chi connectivity index (χ0v) is 20.0. The van der Waals surface area contributed by atoms with Crippen molar-refractivity contribution < 1.29 is 19.1 Å². The minimum absolute atomic E-state index is 0.00424. The molecular formula is C25H23N3O5S. The van der Waals surface area contributed by atoms with Crippen LogP contribution in [-0.4, -0.2) is 35.4 Å². The Bertz CT molecular complexity index is 1430. The highest BCUT2D eigenvalue weighted by molar-refractivity contribution is 7.16. The maximum atomic E-state index is 13.5.